The van der Waals surface area contributed by atoms with Gasteiger partial charge in [-0.1, -0.05) is 12.1 Å². The molecule has 2 amide bonds. The van der Waals surface area contributed by atoms with Crippen molar-refractivity contribution in [3.05, 3.63) is 52.2 Å². The number of imide groups is 1. The number of fused-ring (bicyclic) bond motifs is 2. The third-order valence-electron chi connectivity index (χ3n) is 4.82. The van der Waals surface area contributed by atoms with Gasteiger partial charge in [0.05, 0.1) is 23.1 Å². The van der Waals surface area contributed by atoms with E-state index in [1.165, 1.54) is 16.1 Å². The minimum absolute atomic E-state index is 0.210. The second-order valence-electron chi connectivity index (χ2n) is 6.51. The summed E-state index contributed by atoms with van der Waals surface area (Å²) in [6.07, 6.45) is 2.92. The maximum absolute atomic E-state index is 12.3. The number of hydrogen-bond donors (Lipinski definition) is 0. The largest absolute Gasteiger partial charge is 0.477 e. The van der Waals surface area contributed by atoms with Crippen molar-refractivity contribution >= 4 is 33.4 Å². The summed E-state index contributed by atoms with van der Waals surface area (Å²) < 4.78 is 5.86. The minimum atomic E-state index is -0.210. The summed E-state index contributed by atoms with van der Waals surface area (Å²) >= 11 is 1.64. The Morgan fingerprint density at radius 1 is 1.04 bits per heavy atom. The number of hydrogen-bond acceptors (Lipinski definition) is 6. The van der Waals surface area contributed by atoms with Gasteiger partial charge in [0, 0.05) is 11.4 Å². The van der Waals surface area contributed by atoms with Gasteiger partial charge in [-0.3, -0.25) is 14.5 Å². The average Bonchev–Trinajstić information content (AvgIpc) is 3.10. The van der Waals surface area contributed by atoms with E-state index in [-0.39, 0.29) is 11.8 Å². The highest BCUT2D eigenvalue weighted by atomic mass is 32.1. The van der Waals surface area contributed by atoms with E-state index in [9.17, 15) is 9.59 Å². The molecule has 1 aliphatic rings. The Balaban J connectivity index is 1.33. The van der Waals surface area contributed by atoms with Gasteiger partial charge in [0.25, 0.3) is 11.8 Å². The lowest BCUT2D eigenvalue weighted by Crippen LogP contribution is -2.30. The lowest BCUT2D eigenvalue weighted by atomic mass is 10.1. The molecular weight excluding hydrogens is 362 g/mol. The topological polar surface area (TPSA) is 72.4 Å². The van der Waals surface area contributed by atoms with Crippen molar-refractivity contribution in [1.29, 1.82) is 0 Å². The van der Waals surface area contributed by atoms with Gasteiger partial charge in [0.2, 0.25) is 5.88 Å². The summed E-state index contributed by atoms with van der Waals surface area (Å²) in [6, 6.07) is 6.95. The van der Waals surface area contributed by atoms with E-state index >= 15 is 0 Å². The zero-order valence-corrected chi connectivity index (χ0v) is 16.0. The molecule has 4 rings (SSSR count). The molecule has 3 heterocycles. The Kier molecular flexibility index (Phi) is 4.61. The number of thiophene rings is 1. The van der Waals surface area contributed by atoms with Gasteiger partial charge >= 0.3 is 0 Å². The van der Waals surface area contributed by atoms with Crippen LogP contribution in [-0.4, -0.2) is 39.8 Å². The first-order valence-corrected chi connectivity index (χ1v) is 9.68. The van der Waals surface area contributed by atoms with Crippen LogP contribution in [0.4, 0.5) is 0 Å². The van der Waals surface area contributed by atoms with E-state index in [1.807, 2.05) is 6.92 Å². The van der Waals surface area contributed by atoms with Gasteiger partial charge in [-0.25, -0.2) is 9.97 Å². The van der Waals surface area contributed by atoms with Gasteiger partial charge in [0.15, 0.2) is 0 Å². The van der Waals surface area contributed by atoms with Crippen molar-refractivity contribution in [2.75, 3.05) is 13.2 Å². The number of aryl methyl sites for hydroxylation is 2. The van der Waals surface area contributed by atoms with Crippen LogP contribution >= 0.6 is 11.3 Å². The predicted molar refractivity (Wildman–Crippen MR) is 103 cm³/mol. The predicted octanol–water partition coefficient (Wildman–Crippen LogP) is 3.76. The molecule has 0 N–H and O–H groups in total. The number of benzene rings is 1. The normalized spacial score (nSPS) is 13.5. The Hall–Kier alpha value is -2.80. The Bertz CT molecular complexity index is 1010. The number of aromatic nitrogens is 2. The molecule has 3 aromatic rings. The van der Waals surface area contributed by atoms with Crippen molar-refractivity contribution in [1.82, 2.24) is 14.9 Å². The molecule has 1 aromatic carbocycles. The SMILES string of the molecule is Cc1sc2ncnc(OCCCCN3C(=O)c4ccccc4C3=O)c2c1C. The van der Waals surface area contributed by atoms with Crippen LogP contribution in [0.15, 0.2) is 30.6 Å². The maximum Gasteiger partial charge on any atom is 0.261 e. The quantitative estimate of drug-likeness (QED) is 0.480. The van der Waals surface area contributed by atoms with Gasteiger partial charge in [-0.2, -0.15) is 0 Å². The molecule has 0 radical (unpaired) electrons. The second-order valence-corrected chi connectivity index (χ2v) is 7.71. The number of ether oxygens (including phenoxy) is 1. The molecule has 0 bridgehead atoms. The second kappa shape index (κ2) is 7.08. The maximum atomic E-state index is 12.3. The molecule has 2 aromatic heterocycles. The van der Waals surface area contributed by atoms with E-state index in [0.717, 1.165) is 22.2 Å². The fraction of sp³-hybridized carbons (Fsp3) is 0.300. The van der Waals surface area contributed by atoms with Gasteiger partial charge in [0.1, 0.15) is 11.2 Å². The average molecular weight is 381 g/mol. The van der Waals surface area contributed by atoms with E-state index in [0.29, 0.717) is 36.6 Å². The van der Waals surface area contributed by atoms with Crippen LogP contribution in [0.25, 0.3) is 10.2 Å². The van der Waals surface area contributed by atoms with Crippen molar-refractivity contribution < 1.29 is 14.3 Å². The van der Waals surface area contributed by atoms with Gasteiger partial charge in [-0.15, -0.1) is 11.3 Å². The minimum Gasteiger partial charge on any atom is -0.477 e. The first-order chi connectivity index (χ1) is 13.1. The van der Waals surface area contributed by atoms with E-state index in [2.05, 4.69) is 16.9 Å². The molecule has 0 saturated carbocycles. The van der Waals surface area contributed by atoms with Gasteiger partial charge < -0.3 is 4.74 Å². The van der Waals surface area contributed by atoms with Crippen LogP contribution < -0.4 is 4.74 Å². The Morgan fingerprint density at radius 3 is 2.44 bits per heavy atom. The molecule has 0 spiro atoms. The molecule has 0 unspecified atom stereocenters. The highest BCUT2D eigenvalue weighted by Gasteiger charge is 2.34. The first kappa shape index (κ1) is 17.6. The highest BCUT2D eigenvalue weighted by Crippen LogP contribution is 2.33. The first-order valence-electron chi connectivity index (χ1n) is 8.86. The van der Waals surface area contributed by atoms with Crippen LogP contribution in [0.5, 0.6) is 5.88 Å². The smallest absolute Gasteiger partial charge is 0.261 e. The van der Waals surface area contributed by atoms with Crippen LogP contribution in [-0.2, 0) is 0 Å². The third-order valence-corrected chi connectivity index (χ3v) is 5.94. The van der Waals surface area contributed by atoms with Crippen LogP contribution in [0.2, 0.25) is 0 Å². The lowest BCUT2D eigenvalue weighted by molar-refractivity contribution is 0.0649. The monoisotopic (exact) mass is 381 g/mol. The number of carbonyl (C=O) groups excluding carboxylic acids is 2. The van der Waals surface area contributed by atoms with Crippen molar-refractivity contribution in [2.45, 2.75) is 26.7 Å². The summed E-state index contributed by atoms with van der Waals surface area (Å²) in [6.45, 7) is 4.98. The standard InChI is InChI=1S/C20H19N3O3S/c1-12-13(2)27-18-16(12)17(21-11-22-18)26-10-6-5-9-23-19(24)14-7-3-4-8-15(14)20(23)25/h3-4,7-8,11H,5-6,9-10H2,1-2H3. The summed E-state index contributed by atoms with van der Waals surface area (Å²) in [4.78, 5) is 36.7. The van der Waals surface area contributed by atoms with Crippen molar-refractivity contribution in [3.63, 3.8) is 0 Å². The lowest BCUT2D eigenvalue weighted by Gasteiger charge is -2.13. The van der Waals surface area contributed by atoms with Crippen molar-refractivity contribution in [3.8, 4) is 5.88 Å². The zero-order chi connectivity index (χ0) is 19.0. The molecular formula is C20H19N3O3S. The summed E-state index contributed by atoms with van der Waals surface area (Å²) in [5.41, 5.74) is 2.13. The molecule has 0 saturated heterocycles. The fourth-order valence-electron chi connectivity index (χ4n) is 3.24. The van der Waals surface area contributed by atoms with Gasteiger partial charge in [-0.05, 0) is 44.4 Å². The molecule has 0 aliphatic carbocycles. The molecule has 0 fully saturated rings. The molecule has 27 heavy (non-hydrogen) atoms. The van der Waals surface area contributed by atoms with Crippen molar-refractivity contribution in [2.24, 2.45) is 0 Å². The molecule has 0 atom stereocenters. The number of amides is 2. The summed E-state index contributed by atoms with van der Waals surface area (Å²) in [7, 11) is 0. The van der Waals surface area contributed by atoms with Crippen LogP contribution in [0, 0.1) is 13.8 Å². The number of nitrogens with zero attached hydrogens (tertiary/aromatic N) is 3. The van der Waals surface area contributed by atoms with E-state index < -0.39 is 0 Å². The van der Waals surface area contributed by atoms with E-state index in [4.69, 9.17) is 4.74 Å². The molecule has 138 valence electrons. The van der Waals surface area contributed by atoms with E-state index in [1.54, 1.807) is 35.6 Å². The Morgan fingerprint density at radius 2 is 1.74 bits per heavy atom. The fourth-order valence-corrected chi connectivity index (χ4v) is 4.23. The summed E-state index contributed by atoms with van der Waals surface area (Å²) in [5.74, 6) is 0.180. The summed E-state index contributed by atoms with van der Waals surface area (Å²) in [5, 5.41) is 0.973. The highest BCUT2D eigenvalue weighted by molar-refractivity contribution is 7.18. The molecule has 6 nitrogen and oxygen atoms in total. The molecule has 1 aliphatic heterocycles. The Labute approximate surface area is 160 Å². The number of unbranched alkanes of at least 4 members (excludes halogenated alkanes) is 1. The number of rotatable bonds is 6. The van der Waals surface area contributed by atoms with Crippen LogP contribution in [0.1, 0.15) is 44.0 Å². The molecule has 7 heteroatoms. The number of carbonyl (C=O) groups is 2. The van der Waals surface area contributed by atoms with Crippen LogP contribution in [0.3, 0.4) is 0 Å². The zero-order valence-electron chi connectivity index (χ0n) is 15.2. The third kappa shape index (κ3) is 3.08.